The highest BCUT2D eigenvalue weighted by molar-refractivity contribution is 7.90. The van der Waals surface area contributed by atoms with E-state index < -0.39 is 9.84 Å². The summed E-state index contributed by atoms with van der Waals surface area (Å²) in [5.74, 6) is 0.138. The summed E-state index contributed by atoms with van der Waals surface area (Å²) in [7, 11) is 1.000. The van der Waals surface area contributed by atoms with Crippen molar-refractivity contribution in [2.75, 3.05) is 36.3 Å². The first-order valence-corrected chi connectivity index (χ1v) is 7.55. The first-order chi connectivity index (χ1) is 7.78. The van der Waals surface area contributed by atoms with E-state index in [-0.39, 0.29) is 11.8 Å². The normalized spacial score (nSPS) is 13.2. The summed E-state index contributed by atoms with van der Waals surface area (Å²) in [5, 5.41) is 3.19. The van der Waals surface area contributed by atoms with Gasteiger partial charge in [-0.25, -0.2) is 8.42 Å². The van der Waals surface area contributed by atoms with Gasteiger partial charge in [-0.05, 0) is 25.1 Å². The van der Waals surface area contributed by atoms with Crippen LogP contribution >= 0.6 is 0 Å². The van der Waals surface area contributed by atoms with Crippen molar-refractivity contribution < 1.29 is 8.42 Å². The van der Waals surface area contributed by atoms with Gasteiger partial charge in [0.1, 0.15) is 9.84 Å². The zero-order valence-electron chi connectivity index (χ0n) is 10.8. The number of rotatable bonds is 5. The van der Waals surface area contributed by atoms with Gasteiger partial charge >= 0.3 is 0 Å². The van der Waals surface area contributed by atoms with Crippen LogP contribution in [0.1, 0.15) is 6.92 Å². The number of benzene rings is 1. The third-order valence-electron chi connectivity index (χ3n) is 2.33. The number of hydrogen-bond acceptors (Lipinski definition) is 4. The van der Waals surface area contributed by atoms with Gasteiger partial charge < -0.3 is 10.2 Å². The molecule has 0 aliphatic carbocycles. The molecular formula is C12H20N2O2S. The largest absolute Gasteiger partial charge is 0.382 e. The second-order valence-electron chi connectivity index (χ2n) is 4.58. The summed E-state index contributed by atoms with van der Waals surface area (Å²) in [6, 6.07) is 7.80. The quantitative estimate of drug-likeness (QED) is 0.869. The minimum atomic E-state index is -2.94. The van der Waals surface area contributed by atoms with Crippen molar-refractivity contribution in [2.45, 2.75) is 13.0 Å². The number of hydrogen-bond donors (Lipinski definition) is 1. The van der Waals surface area contributed by atoms with Gasteiger partial charge in [-0.3, -0.25) is 0 Å². The van der Waals surface area contributed by atoms with E-state index in [1.54, 1.807) is 0 Å². The second kappa shape index (κ2) is 5.40. The Labute approximate surface area is 104 Å². The summed E-state index contributed by atoms with van der Waals surface area (Å²) < 4.78 is 22.3. The first-order valence-electron chi connectivity index (χ1n) is 5.49. The van der Waals surface area contributed by atoms with Crippen LogP contribution in [0.2, 0.25) is 0 Å². The van der Waals surface area contributed by atoms with Crippen molar-refractivity contribution in [1.82, 2.24) is 0 Å². The summed E-state index contributed by atoms with van der Waals surface area (Å²) in [6.07, 6.45) is 1.25. The molecule has 1 N–H and O–H groups in total. The Hall–Kier alpha value is -1.23. The lowest BCUT2D eigenvalue weighted by Crippen LogP contribution is -2.25. The average molecular weight is 256 g/mol. The third-order valence-corrected chi connectivity index (χ3v) is 3.43. The van der Waals surface area contributed by atoms with Crippen LogP contribution in [0, 0.1) is 0 Å². The number of anilines is 2. The number of nitrogens with one attached hydrogen (secondary N) is 1. The molecule has 0 saturated carbocycles. The second-order valence-corrected chi connectivity index (χ2v) is 6.77. The lowest BCUT2D eigenvalue weighted by molar-refractivity contribution is 0.598. The topological polar surface area (TPSA) is 49.4 Å². The first kappa shape index (κ1) is 13.8. The predicted octanol–water partition coefficient (Wildman–Crippen LogP) is 1.60. The molecule has 0 saturated heterocycles. The van der Waals surface area contributed by atoms with Crippen molar-refractivity contribution in [1.29, 1.82) is 0 Å². The van der Waals surface area contributed by atoms with Crippen LogP contribution in [0.25, 0.3) is 0 Å². The monoisotopic (exact) mass is 256 g/mol. The van der Waals surface area contributed by atoms with E-state index in [0.29, 0.717) is 0 Å². The minimum absolute atomic E-state index is 0.0950. The number of nitrogens with zero attached hydrogens (tertiary/aromatic N) is 1. The fourth-order valence-corrected chi connectivity index (χ4v) is 2.65. The van der Waals surface area contributed by atoms with E-state index in [2.05, 4.69) is 5.32 Å². The van der Waals surface area contributed by atoms with E-state index in [4.69, 9.17) is 0 Å². The lowest BCUT2D eigenvalue weighted by atomic mass is 10.2. The van der Waals surface area contributed by atoms with Crippen molar-refractivity contribution in [3.8, 4) is 0 Å². The molecule has 17 heavy (non-hydrogen) atoms. The maximum atomic E-state index is 11.2. The molecule has 4 nitrogen and oxygen atoms in total. The highest BCUT2D eigenvalue weighted by Crippen LogP contribution is 2.18. The molecule has 1 aromatic carbocycles. The Morgan fingerprint density at radius 1 is 1.35 bits per heavy atom. The van der Waals surface area contributed by atoms with Crippen LogP contribution in [0.15, 0.2) is 24.3 Å². The van der Waals surface area contributed by atoms with Gasteiger partial charge in [0.15, 0.2) is 0 Å². The molecule has 96 valence electrons. The lowest BCUT2D eigenvalue weighted by Gasteiger charge is -2.17. The molecule has 5 heteroatoms. The SMILES string of the molecule is CC(CS(C)(=O)=O)Nc1cccc(N(C)C)c1. The number of sulfone groups is 1. The van der Waals surface area contributed by atoms with Gasteiger partial charge in [-0.15, -0.1) is 0 Å². The van der Waals surface area contributed by atoms with Gasteiger partial charge in [0.05, 0.1) is 5.75 Å². The van der Waals surface area contributed by atoms with Gasteiger partial charge in [0.25, 0.3) is 0 Å². The average Bonchev–Trinajstić information content (AvgIpc) is 2.14. The smallest absolute Gasteiger partial charge is 0.149 e. The van der Waals surface area contributed by atoms with Crippen LogP contribution in [-0.2, 0) is 9.84 Å². The van der Waals surface area contributed by atoms with Crippen molar-refractivity contribution in [2.24, 2.45) is 0 Å². The van der Waals surface area contributed by atoms with E-state index in [0.717, 1.165) is 11.4 Å². The maximum absolute atomic E-state index is 11.2. The fourth-order valence-electron chi connectivity index (χ4n) is 1.65. The molecule has 0 amide bonds. The molecule has 0 radical (unpaired) electrons. The Morgan fingerprint density at radius 2 is 2.00 bits per heavy atom. The molecule has 0 spiro atoms. The summed E-state index contributed by atoms with van der Waals surface area (Å²) in [6.45, 7) is 1.86. The van der Waals surface area contributed by atoms with Crippen LogP contribution < -0.4 is 10.2 Å². The van der Waals surface area contributed by atoms with Gasteiger partial charge in [-0.1, -0.05) is 6.07 Å². The van der Waals surface area contributed by atoms with E-state index in [1.165, 1.54) is 6.26 Å². The molecule has 0 aromatic heterocycles. The Kier molecular flexibility index (Phi) is 4.40. The van der Waals surface area contributed by atoms with Crippen molar-refractivity contribution in [3.05, 3.63) is 24.3 Å². The summed E-state index contributed by atoms with van der Waals surface area (Å²) in [5.41, 5.74) is 2.02. The van der Waals surface area contributed by atoms with Crippen LogP contribution in [-0.4, -0.2) is 40.6 Å². The molecule has 0 bridgehead atoms. The Morgan fingerprint density at radius 3 is 2.53 bits per heavy atom. The molecule has 0 aliphatic rings. The van der Waals surface area contributed by atoms with E-state index in [9.17, 15) is 8.42 Å². The highest BCUT2D eigenvalue weighted by atomic mass is 32.2. The van der Waals surface area contributed by atoms with Gasteiger partial charge in [0, 0.05) is 37.8 Å². The molecule has 0 aliphatic heterocycles. The Bertz CT molecular complexity index is 469. The molecular weight excluding hydrogens is 236 g/mol. The summed E-state index contributed by atoms with van der Waals surface area (Å²) >= 11 is 0. The zero-order chi connectivity index (χ0) is 13.1. The van der Waals surface area contributed by atoms with E-state index >= 15 is 0 Å². The molecule has 0 heterocycles. The van der Waals surface area contributed by atoms with Crippen LogP contribution in [0.4, 0.5) is 11.4 Å². The highest BCUT2D eigenvalue weighted by Gasteiger charge is 2.10. The van der Waals surface area contributed by atoms with Crippen molar-refractivity contribution >= 4 is 21.2 Å². The molecule has 1 unspecified atom stereocenters. The van der Waals surface area contributed by atoms with Crippen LogP contribution in [0.3, 0.4) is 0 Å². The summed E-state index contributed by atoms with van der Waals surface area (Å²) in [4.78, 5) is 2.01. The molecule has 1 atom stereocenters. The van der Waals surface area contributed by atoms with Gasteiger partial charge in [-0.2, -0.15) is 0 Å². The predicted molar refractivity (Wildman–Crippen MR) is 73.6 cm³/mol. The molecule has 1 aromatic rings. The third kappa shape index (κ3) is 5.08. The van der Waals surface area contributed by atoms with Crippen molar-refractivity contribution in [3.63, 3.8) is 0 Å². The zero-order valence-corrected chi connectivity index (χ0v) is 11.6. The fraction of sp³-hybridized carbons (Fsp3) is 0.500. The minimum Gasteiger partial charge on any atom is -0.382 e. The molecule has 1 rings (SSSR count). The van der Waals surface area contributed by atoms with Gasteiger partial charge in [0.2, 0.25) is 0 Å². The van der Waals surface area contributed by atoms with Crippen LogP contribution in [0.5, 0.6) is 0 Å². The molecule has 0 fully saturated rings. The standard InChI is InChI=1S/C12H20N2O2S/c1-10(9-17(4,15)16)13-11-6-5-7-12(8-11)14(2)3/h5-8,10,13H,9H2,1-4H3. The Balaban J connectivity index is 2.72. The van der Waals surface area contributed by atoms with E-state index in [1.807, 2.05) is 50.2 Å². The maximum Gasteiger partial charge on any atom is 0.149 e.